The van der Waals surface area contributed by atoms with Gasteiger partial charge >= 0.3 is 0 Å². The highest BCUT2D eigenvalue weighted by Crippen LogP contribution is 2.24. The fourth-order valence-corrected chi connectivity index (χ4v) is 4.10. The molecule has 3 rings (SSSR count). The standard InChI is InChI=1S/C16H22N4O4S/c21-15(12-3-1-2-4-12)17-7-8-18-16(22)13-5-6-14-19-25(23,24)10-9-20(14)11-13/h5-6,11-12H,1-4,7-10H2,(H,17,21)(H,18,22). The van der Waals surface area contributed by atoms with E-state index in [1.165, 1.54) is 6.08 Å². The molecule has 0 bridgehead atoms. The van der Waals surface area contributed by atoms with Gasteiger partial charge in [0.05, 0.1) is 11.3 Å². The third-order valence-electron chi connectivity index (χ3n) is 4.52. The molecule has 1 fully saturated rings. The molecule has 2 amide bonds. The Balaban J connectivity index is 1.45. The Morgan fingerprint density at radius 2 is 1.88 bits per heavy atom. The van der Waals surface area contributed by atoms with Gasteiger partial charge in [-0.2, -0.15) is 0 Å². The van der Waals surface area contributed by atoms with Crippen LogP contribution in [0.15, 0.2) is 28.3 Å². The number of amidine groups is 1. The van der Waals surface area contributed by atoms with Crippen LogP contribution in [-0.4, -0.2) is 56.4 Å². The van der Waals surface area contributed by atoms with Gasteiger partial charge in [0.2, 0.25) is 5.91 Å². The van der Waals surface area contributed by atoms with Crippen LogP contribution in [0.5, 0.6) is 0 Å². The van der Waals surface area contributed by atoms with Crippen molar-refractivity contribution >= 4 is 27.7 Å². The molecule has 0 radical (unpaired) electrons. The lowest BCUT2D eigenvalue weighted by atomic mass is 10.1. The number of nitrogens with zero attached hydrogens (tertiary/aromatic N) is 2. The van der Waals surface area contributed by atoms with E-state index in [0.717, 1.165) is 25.7 Å². The number of carbonyl (C=O) groups is 2. The van der Waals surface area contributed by atoms with E-state index < -0.39 is 10.0 Å². The molecule has 0 aromatic heterocycles. The number of sulfonamides is 1. The average Bonchev–Trinajstić information content (AvgIpc) is 3.12. The molecule has 0 spiro atoms. The van der Waals surface area contributed by atoms with Crippen molar-refractivity contribution in [3.8, 4) is 0 Å². The second kappa shape index (κ2) is 7.38. The SMILES string of the molecule is O=C(NCCNC(=O)C1CCCC1)C1=CN2CCS(=O)(=O)N=C2C=C1. The Bertz CT molecular complexity index is 748. The predicted molar refractivity (Wildman–Crippen MR) is 93.1 cm³/mol. The fourth-order valence-electron chi connectivity index (χ4n) is 3.13. The summed E-state index contributed by atoms with van der Waals surface area (Å²) in [6, 6.07) is 0. The fraction of sp³-hybridized carbons (Fsp3) is 0.562. The summed E-state index contributed by atoms with van der Waals surface area (Å²) in [5, 5.41) is 5.60. The summed E-state index contributed by atoms with van der Waals surface area (Å²) in [7, 11) is -3.40. The van der Waals surface area contributed by atoms with Crippen LogP contribution in [0.2, 0.25) is 0 Å². The Hall–Kier alpha value is -2.16. The van der Waals surface area contributed by atoms with Crippen LogP contribution in [0.4, 0.5) is 0 Å². The number of nitrogens with one attached hydrogen (secondary N) is 2. The lowest BCUT2D eigenvalue weighted by Gasteiger charge is -2.26. The van der Waals surface area contributed by atoms with E-state index in [-0.39, 0.29) is 30.0 Å². The zero-order valence-corrected chi connectivity index (χ0v) is 14.7. The largest absolute Gasteiger partial charge is 0.354 e. The van der Waals surface area contributed by atoms with Crippen LogP contribution in [-0.2, 0) is 19.6 Å². The van der Waals surface area contributed by atoms with Crippen LogP contribution in [0.1, 0.15) is 25.7 Å². The normalized spacial score (nSPS) is 22.0. The molecule has 8 nitrogen and oxygen atoms in total. The minimum absolute atomic E-state index is 0.0665. The third-order valence-corrected chi connectivity index (χ3v) is 5.69. The Kier molecular flexibility index (Phi) is 5.22. The minimum Gasteiger partial charge on any atom is -0.354 e. The van der Waals surface area contributed by atoms with Gasteiger partial charge in [-0.1, -0.05) is 12.8 Å². The molecule has 0 atom stereocenters. The van der Waals surface area contributed by atoms with E-state index in [4.69, 9.17) is 0 Å². The van der Waals surface area contributed by atoms with Gasteiger partial charge < -0.3 is 15.5 Å². The van der Waals surface area contributed by atoms with Crippen molar-refractivity contribution < 1.29 is 18.0 Å². The Morgan fingerprint density at radius 1 is 1.16 bits per heavy atom. The summed E-state index contributed by atoms with van der Waals surface area (Å²) in [6.07, 6.45) is 8.78. The lowest BCUT2D eigenvalue weighted by molar-refractivity contribution is -0.125. The van der Waals surface area contributed by atoms with E-state index in [1.54, 1.807) is 17.2 Å². The highest BCUT2D eigenvalue weighted by molar-refractivity contribution is 7.90. The van der Waals surface area contributed by atoms with Crippen molar-refractivity contribution in [3.05, 3.63) is 23.9 Å². The summed E-state index contributed by atoms with van der Waals surface area (Å²) in [5.41, 5.74) is 0.431. The Morgan fingerprint density at radius 3 is 2.64 bits per heavy atom. The minimum atomic E-state index is -3.40. The number of fused-ring (bicyclic) bond motifs is 1. The summed E-state index contributed by atoms with van der Waals surface area (Å²) < 4.78 is 26.6. The number of hydrogen-bond donors (Lipinski definition) is 2. The third kappa shape index (κ3) is 4.47. The van der Waals surface area contributed by atoms with E-state index in [1.807, 2.05) is 0 Å². The summed E-state index contributed by atoms with van der Waals surface area (Å²) >= 11 is 0. The molecular weight excluding hydrogens is 344 g/mol. The first-order chi connectivity index (χ1) is 11.9. The molecule has 3 aliphatic rings. The first-order valence-electron chi connectivity index (χ1n) is 8.50. The van der Waals surface area contributed by atoms with E-state index in [2.05, 4.69) is 15.0 Å². The first-order valence-corrected chi connectivity index (χ1v) is 10.1. The molecule has 25 heavy (non-hydrogen) atoms. The van der Waals surface area contributed by atoms with Crippen LogP contribution in [0.25, 0.3) is 0 Å². The van der Waals surface area contributed by atoms with Crippen LogP contribution >= 0.6 is 0 Å². The maximum atomic E-state index is 12.2. The van der Waals surface area contributed by atoms with Gasteiger partial charge in [-0.05, 0) is 25.0 Å². The van der Waals surface area contributed by atoms with Crippen molar-refractivity contribution in [2.45, 2.75) is 25.7 Å². The van der Waals surface area contributed by atoms with E-state index >= 15 is 0 Å². The summed E-state index contributed by atoms with van der Waals surface area (Å²) in [5.74, 6) is 0.181. The van der Waals surface area contributed by atoms with Gasteiger partial charge in [0, 0.05) is 31.8 Å². The molecule has 1 saturated carbocycles. The molecule has 2 aliphatic heterocycles. The number of carbonyl (C=O) groups excluding carboxylic acids is 2. The molecule has 1 aliphatic carbocycles. The highest BCUT2D eigenvalue weighted by atomic mass is 32.2. The predicted octanol–water partition coefficient (Wildman–Crippen LogP) is -0.0934. The van der Waals surface area contributed by atoms with Gasteiger partial charge in [0.15, 0.2) is 0 Å². The molecule has 0 aromatic rings. The average molecular weight is 366 g/mol. The number of rotatable bonds is 5. The zero-order chi connectivity index (χ0) is 17.9. The molecular formula is C16H22N4O4S. The second-order valence-corrected chi connectivity index (χ2v) is 8.13. The second-order valence-electron chi connectivity index (χ2n) is 6.38. The maximum absolute atomic E-state index is 12.2. The zero-order valence-electron chi connectivity index (χ0n) is 13.9. The smallest absolute Gasteiger partial charge is 0.256 e. The molecule has 0 aromatic carbocycles. The van der Waals surface area contributed by atoms with E-state index in [0.29, 0.717) is 24.5 Å². The van der Waals surface area contributed by atoms with Gasteiger partial charge in [0.1, 0.15) is 5.84 Å². The Labute approximate surface area is 147 Å². The van der Waals surface area contributed by atoms with Crippen molar-refractivity contribution in [2.75, 3.05) is 25.4 Å². The van der Waals surface area contributed by atoms with Gasteiger partial charge in [0.25, 0.3) is 15.9 Å². The van der Waals surface area contributed by atoms with Crippen molar-refractivity contribution in [1.82, 2.24) is 15.5 Å². The van der Waals surface area contributed by atoms with Gasteiger partial charge in [-0.15, -0.1) is 4.40 Å². The highest BCUT2D eigenvalue weighted by Gasteiger charge is 2.25. The van der Waals surface area contributed by atoms with Crippen molar-refractivity contribution in [2.24, 2.45) is 10.3 Å². The number of hydrogen-bond acceptors (Lipinski definition) is 5. The molecule has 0 unspecified atom stereocenters. The monoisotopic (exact) mass is 366 g/mol. The number of amides is 2. The van der Waals surface area contributed by atoms with Crippen LogP contribution in [0, 0.1) is 5.92 Å². The van der Waals surface area contributed by atoms with Crippen molar-refractivity contribution in [1.29, 1.82) is 0 Å². The molecule has 2 N–H and O–H groups in total. The molecule has 0 saturated heterocycles. The molecule has 9 heteroatoms. The van der Waals surface area contributed by atoms with Crippen LogP contribution < -0.4 is 10.6 Å². The topological polar surface area (TPSA) is 108 Å². The summed E-state index contributed by atoms with van der Waals surface area (Å²) in [4.78, 5) is 25.7. The van der Waals surface area contributed by atoms with Crippen molar-refractivity contribution in [3.63, 3.8) is 0 Å². The van der Waals surface area contributed by atoms with E-state index in [9.17, 15) is 18.0 Å². The summed E-state index contributed by atoms with van der Waals surface area (Å²) in [6.45, 7) is 1.02. The first kappa shape index (κ1) is 17.7. The van der Waals surface area contributed by atoms with Crippen LogP contribution in [0.3, 0.4) is 0 Å². The van der Waals surface area contributed by atoms with Gasteiger partial charge in [-0.3, -0.25) is 9.59 Å². The maximum Gasteiger partial charge on any atom is 0.256 e. The molecule has 136 valence electrons. The van der Waals surface area contributed by atoms with Gasteiger partial charge in [-0.25, -0.2) is 8.42 Å². The lowest BCUT2D eigenvalue weighted by Crippen LogP contribution is -2.40. The molecule has 2 heterocycles. The quantitative estimate of drug-likeness (QED) is 0.661.